The van der Waals surface area contributed by atoms with Crippen molar-refractivity contribution in [2.24, 2.45) is 0 Å². The molecule has 0 N–H and O–H groups in total. The minimum Gasteiger partial charge on any atom is -0.310 e. The molecule has 29 heavy (non-hydrogen) atoms. The molecule has 0 fully saturated rings. The number of fused-ring (bicyclic) bond motifs is 1. The zero-order chi connectivity index (χ0) is 20.2. The maximum absolute atomic E-state index is 12.9. The Bertz CT molecular complexity index is 1040. The molecule has 1 aliphatic rings. The Morgan fingerprint density at radius 1 is 1.21 bits per heavy atom. The van der Waals surface area contributed by atoms with E-state index in [2.05, 4.69) is 22.8 Å². The van der Waals surface area contributed by atoms with Crippen molar-refractivity contribution >= 4 is 46.7 Å². The summed E-state index contributed by atoms with van der Waals surface area (Å²) in [5.74, 6) is 2.01. The quantitative estimate of drug-likeness (QED) is 0.396. The lowest BCUT2D eigenvalue weighted by atomic mass is 10.2. The lowest BCUT2D eigenvalue weighted by molar-refractivity contribution is -0.116. The number of anilines is 1. The Balaban J connectivity index is 1.52. The number of hydrogen-bond acceptors (Lipinski definition) is 5. The Hall–Kier alpha value is -2.22. The van der Waals surface area contributed by atoms with E-state index in [0.717, 1.165) is 34.3 Å². The molecule has 0 saturated carbocycles. The smallest absolute Gasteiger partial charge is 0.237 e. The molecular weight excluding hydrogens is 424 g/mol. The van der Waals surface area contributed by atoms with E-state index >= 15 is 0 Å². The summed E-state index contributed by atoms with van der Waals surface area (Å²) in [6, 6.07) is 15.5. The molecule has 8 heteroatoms. The molecule has 1 aliphatic heterocycles. The molecular formula is C21H19ClN4OS2. The van der Waals surface area contributed by atoms with Gasteiger partial charge in [-0.15, -0.1) is 28.5 Å². The van der Waals surface area contributed by atoms with Crippen molar-refractivity contribution in [1.82, 2.24) is 14.8 Å². The van der Waals surface area contributed by atoms with Crippen molar-refractivity contribution in [3.05, 3.63) is 66.2 Å². The molecule has 4 rings (SSSR count). The van der Waals surface area contributed by atoms with Crippen molar-refractivity contribution in [2.75, 3.05) is 23.0 Å². The Morgan fingerprint density at radius 2 is 2.00 bits per heavy atom. The maximum Gasteiger partial charge on any atom is 0.237 e. The van der Waals surface area contributed by atoms with Gasteiger partial charge in [-0.05, 0) is 36.4 Å². The van der Waals surface area contributed by atoms with Crippen LogP contribution in [-0.2, 0) is 11.3 Å². The minimum atomic E-state index is 0.0731. The fourth-order valence-electron chi connectivity index (χ4n) is 3.13. The second-order valence-electron chi connectivity index (χ2n) is 6.36. The monoisotopic (exact) mass is 442 g/mol. The third-order valence-corrected chi connectivity index (χ3v) is 6.73. The average Bonchev–Trinajstić information content (AvgIpc) is 3.15. The maximum atomic E-state index is 12.9. The van der Waals surface area contributed by atoms with Gasteiger partial charge in [-0.2, -0.15) is 0 Å². The van der Waals surface area contributed by atoms with Gasteiger partial charge in [0.1, 0.15) is 0 Å². The highest BCUT2D eigenvalue weighted by atomic mass is 35.5. The summed E-state index contributed by atoms with van der Waals surface area (Å²) in [5.41, 5.74) is 1.91. The molecule has 0 aliphatic carbocycles. The first kappa shape index (κ1) is 20.1. The predicted octanol–water partition coefficient (Wildman–Crippen LogP) is 5.02. The topological polar surface area (TPSA) is 51.0 Å². The molecule has 1 aromatic heterocycles. The molecule has 3 aromatic rings. The summed E-state index contributed by atoms with van der Waals surface area (Å²) in [4.78, 5) is 15.9. The molecule has 0 bridgehead atoms. The highest BCUT2D eigenvalue weighted by molar-refractivity contribution is 8.00. The normalized spacial score (nSPS) is 13.2. The van der Waals surface area contributed by atoms with Gasteiger partial charge in [0.25, 0.3) is 0 Å². The highest BCUT2D eigenvalue weighted by Gasteiger charge is 2.23. The number of rotatable bonds is 6. The highest BCUT2D eigenvalue weighted by Crippen LogP contribution is 2.35. The second-order valence-corrected chi connectivity index (χ2v) is 8.88. The van der Waals surface area contributed by atoms with Crippen molar-refractivity contribution in [3.63, 3.8) is 0 Å². The van der Waals surface area contributed by atoms with Gasteiger partial charge in [-0.25, -0.2) is 0 Å². The van der Waals surface area contributed by atoms with Crippen molar-refractivity contribution in [1.29, 1.82) is 0 Å². The predicted molar refractivity (Wildman–Crippen MR) is 121 cm³/mol. The molecule has 0 atom stereocenters. The standard InChI is InChI=1S/C21H19ClN4OS2/c1-2-11-26-20(15-7-9-16(22)10-8-15)23-24-21(26)29-14-19(27)25-12-13-28-18-6-4-3-5-17(18)25/h2-10H,1,11-14H2. The van der Waals surface area contributed by atoms with Crippen LogP contribution in [0.3, 0.4) is 0 Å². The molecule has 0 spiro atoms. The number of benzene rings is 2. The van der Waals surface area contributed by atoms with Crippen LogP contribution < -0.4 is 4.90 Å². The van der Waals surface area contributed by atoms with Gasteiger partial charge in [0.05, 0.1) is 11.4 Å². The minimum absolute atomic E-state index is 0.0731. The molecule has 0 radical (unpaired) electrons. The molecule has 2 aromatic carbocycles. The molecule has 0 unspecified atom stereocenters. The molecule has 148 valence electrons. The van der Waals surface area contributed by atoms with Gasteiger partial charge in [0, 0.05) is 34.3 Å². The van der Waals surface area contributed by atoms with E-state index in [4.69, 9.17) is 11.6 Å². The summed E-state index contributed by atoms with van der Waals surface area (Å²) >= 11 is 9.18. The van der Waals surface area contributed by atoms with E-state index in [1.165, 1.54) is 11.8 Å². The summed E-state index contributed by atoms with van der Waals surface area (Å²) in [6.07, 6.45) is 1.80. The largest absolute Gasteiger partial charge is 0.310 e. The fourth-order valence-corrected chi connectivity index (χ4v) is 5.08. The van der Waals surface area contributed by atoms with Crippen LogP contribution in [0.5, 0.6) is 0 Å². The first-order valence-electron chi connectivity index (χ1n) is 9.12. The van der Waals surface area contributed by atoms with Crippen molar-refractivity contribution in [2.45, 2.75) is 16.6 Å². The number of carbonyl (C=O) groups is 1. The number of carbonyl (C=O) groups excluding carboxylic acids is 1. The number of amides is 1. The lowest BCUT2D eigenvalue weighted by Gasteiger charge is -2.28. The van der Waals surface area contributed by atoms with E-state index < -0.39 is 0 Å². The van der Waals surface area contributed by atoms with Crippen LogP contribution in [0.2, 0.25) is 5.02 Å². The molecule has 2 heterocycles. The summed E-state index contributed by atoms with van der Waals surface area (Å²) in [6.45, 7) is 5.11. The zero-order valence-corrected chi connectivity index (χ0v) is 18.0. The molecule has 0 saturated heterocycles. The van der Waals surface area contributed by atoms with Crippen LogP contribution in [0.4, 0.5) is 5.69 Å². The van der Waals surface area contributed by atoms with Crippen LogP contribution in [0.25, 0.3) is 11.4 Å². The average molecular weight is 443 g/mol. The number of halogens is 1. The van der Waals surface area contributed by atoms with Gasteiger partial charge in [0.15, 0.2) is 11.0 Å². The van der Waals surface area contributed by atoms with E-state index in [9.17, 15) is 4.79 Å². The number of aromatic nitrogens is 3. The van der Waals surface area contributed by atoms with Crippen LogP contribution in [0, 0.1) is 0 Å². The molecule has 5 nitrogen and oxygen atoms in total. The van der Waals surface area contributed by atoms with E-state index in [1.54, 1.807) is 17.8 Å². The fraction of sp³-hybridized carbons (Fsp3) is 0.190. The van der Waals surface area contributed by atoms with Crippen LogP contribution in [0.1, 0.15) is 0 Å². The first-order valence-corrected chi connectivity index (χ1v) is 11.5. The lowest BCUT2D eigenvalue weighted by Crippen LogP contribution is -2.36. The Labute approximate surface area is 183 Å². The van der Waals surface area contributed by atoms with Crippen LogP contribution in [0.15, 0.2) is 71.2 Å². The van der Waals surface area contributed by atoms with Crippen molar-refractivity contribution in [3.8, 4) is 11.4 Å². The second kappa shape index (κ2) is 9.07. The van der Waals surface area contributed by atoms with Gasteiger partial charge in [-0.3, -0.25) is 9.36 Å². The van der Waals surface area contributed by atoms with Gasteiger partial charge < -0.3 is 4.90 Å². The summed E-state index contributed by atoms with van der Waals surface area (Å²) < 4.78 is 1.97. The SMILES string of the molecule is C=CCn1c(SCC(=O)N2CCSc3ccccc32)nnc1-c1ccc(Cl)cc1. The van der Waals surface area contributed by atoms with E-state index in [1.807, 2.05) is 51.9 Å². The van der Waals surface area contributed by atoms with E-state index in [-0.39, 0.29) is 5.91 Å². The Morgan fingerprint density at radius 3 is 2.79 bits per heavy atom. The first-order chi connectivity index (χ1) is 14.2. The number of allylic oxidation sites excluding steroid dienone is 1. The van der Waals surface area contributed by atoms with Gasteiger partial charge in [-0.1, -0.05) is 41.6 Å². The summed E-state index contributed by atoms with van der Waals surface area (Å²) in [5, 5.41) is 10.0. The van der Waals surface area contributed by atoms with Crippen LogP contribution >= 0.6 is 35.1 Å². The van der Waals surface area contributed by atoms with Gasteiger partial charge in [0.2, 0.25) is 5.91 Å². The molecule has 1 amide bonds. The third-order valence-electron chi connectivity index (χ3n) is 4.49. The Kier molecular flexibility index (Phi) is 6.28. The van der Waals surface area contributed by atoms with Crippen LogP contribution in [-0.4, -0.2) is 38.7 Å². The number of hydrogen-bond donors (Lipinski definition) is 0. The number of nitrogens with zero attached hydrogens (tertiary/aromatic N) is 4. The number of thioether (sulfide) groups is 2. The number of para-hydroxylation sites is 1. The third kappa shape index (κ3) is 4.37. The van der Waals surface area contributed by atoms with Crippen molar-refractivity contribution < 1.29 is 4.79 Å². The zero-order valence-electron chi connectivity index (χ0n) is 15.6. The summed E-state index contributed by atoms with van der Waals surface area (Å²) in [7, 11) is 0. The van der Waals surface area contributed by atoms with E-state index in [0.29, 0.717) is 22.5 Å². The van der Waals surface area contributed by atoms with Gasteiger partial charge >= 0.3 is 0 Å².